The lowest BCUT2D eigenvalue weighted by Crippen LogP contribution is -2.18. The number of hydrogen-bond donors (Lipinski definition) is 2. The van der Waals surface area contributed by atoms with E-state index in [1.54, 1.807) is 6.07 Å². The second-order valence-electron chi connectivity index (χ2n) is 5.38. The number of anilines is 2. The van der Waals surface area contributed by atoms with Crippen LogP contribution >= 0.6 is 0 Å². The van der Waals surface area contributed by atoms with Gasteiger partial charge in [-0.25, -0.2) is 14.4 Å². The summed E-state index contributed by atoms with van der Waals surface area (Å²) in [6.45, 7) is 0. The highest BCUT2D eigenvalue weighted by molar-refractivity contribution is 6.03. The molecule has 5 nitrogen and oxygen atoms in total. The molecule has 1 aliphatic carbocycles. The highest BCUT2D eigenvalue weighted by Gasteiger charge is 2.16. The molecule has 0 aliphatic heterocycles. The predicted molar refractivity (Wildman–Crippen MR) is 82.3 cm³/mol. The fraction of sp³-hybridized carbons (Fsp3) is 0.312. The minimum atomic E-state index is -0.344. The Kier molecular flexibility index (Phi) is 4.27. The highest BCUT2D eigenvalue weighted by Crippen LogP contribution is 2.21. The van der Waals surface area contributed by atoms with Crippen molar-refractivity contribution in [3.05, 3.63) is 48.2 Å². The molecule has 1 saturated carbocycles. The van der Waals surface area contributed by atoms with Crippen molar-refractivity contribution in [1.29, 1.82) is 0 Å². The summed E-state index contributed by atoms with van der Waals surface area (Å²) >= 11 is 0. The Hall–Kier alpha value is -2.50. The van der Waals surface area contributed by atoms with Crippen molar-refractivity contribution in [2.45, 2.75) is 31.7 Å². The number of carbonyl (C=O) groups is 1. The van der Waals surface area contributed by atoms with Gasteiger partial charge >= 0.3 is 0 Å². The Balaban J connectivity index is 1.67. The van der Waals surface area contributed by atoms with Crippen LogP contribution < -0.4 is 10.6 Å². The lowest BCUT2D eigenvalue weighted by atomic mass is 10.2. The zero-order chi connectivity index (χ0) is 15.4. The van der Waals surface area contributed by atoms with Crippen molar-refractivity contribution in [3.63, 3.8) is 0 Å². The summed E-state index contributed by atoms with van der Waals surface area (Å²) in [5.41, 5.74) is 0.801. The molecule has 1 aromatic heterocycles. The van der Waals surface area contributed by atoms with Gasteiger partial charge in [-0.05, 0) is 37.1 Å². The number of nitrogens with zero attached hydrogens (tertiary/aromatic N) is 2. The Morgan fingerprint density at radius 2 is 1.86 bits per heavy atom. The van der Waals surface area contributed by atoms with Gasteiger partial charge < -0.3 is 10.6 Å². The summed E-state index contributed by atoms with van der Waals surface area (Å²) in [5.74, 6) is -0.0299. The zero-order valence-corrected chi connectivity index (χ0v) is 12.1. The van der Waals surface area contributed by atoms with E-state index in [0.717, 1.165) is 12.8 Å². The van der Waals surface area contributed by atoms with Crippen LogP contribution in [0.3, 0.4) is 0 Å². The van der Waals surface area contributed by atoms with Gasteiger partial charge in [0.05, 0.1) is 0 Å². The van der Waals surface area contributed by atoms with E-state index in [9.17, 15) is 9.18 Å². The molecule has 0 bridgehead atoms. The Labute approximate surface area is 128 Å². The van der Waals surface area contributed by atoms with Crippen molar-refractivity contribution in [2.75, 3.05) is 10.6 Å². The minimum absolute atomic E-state index is 0.278. The Morgan fingerprint density at radius 3 is 2.59 bits per heavy atom. The summed E-state index contributed by atoms with van der Waals surface area (Å²) in [6, 6.07) is 7.66. The number of amides is 1. The quantitative estimate of drug-likeness (QED) is 0.909. The van der Waals surface area contributed by atoms with E-state index in [4.69, 9.17) is 0 Å². The van der Waals surface area contributed by atoms with Crippen LogP contribution in [0.25, 0.3) is 0 Å². The first-order valence-electron chi connectivity index (χ1n) is 7.36. The maximum Gasteiger partial charge on any atom is 0.274 e. The van der Waals surface area contributed by atoms with Gasteiger partial charge in [0.15, 0.2) is 0 Å². The number of benzene rings is 1. The van der Waals surface area contributed by atoms with Crippen molar-refractivity contribution < 1.29 is 9.18 Å². The maximum absolute atomic E-state index is 12.9. The van der Waals surface area contributed by atoms with E-state index >= 15 is 0 Å². The van der Waals surface area contributed by atoms with Crippen LogP contribution in [0, 0.1) is 5.82 Å². The minimum Gasteiger partial charge on any atom is -0.367 e. The van der Waals surface area contributed by atoms with Gasteiger partial charge in [-0.3, -0.25) is 4.79 Å². The van der Waals surface area contributed by atoms with Gasteiger partial charge in [0, 0.05) is 17.8 Å². The smallest absolute Gasteiger partial charge is 0.274 e. The van der Waals surface area contributed by atoms with Crippen LogP contribution in [0.5, 0.6) is 0 Å². The van der Waals surface area contributed by atoms with Gasteiger partial charge in [-0.1, -0.05) is 12.8 Å². The molecule has 0 radical (unpaired) electrons. The third-order valence-corrected chi connectivity index (χ3v) is 3.71. The predicted octanol–water partition coefficient (Wildman–Crippen LogP) is 3.22. The molecule has 1 heterocycles. The van der Waals surface area contributed by atoms with Crippen molar-refractivity contribution in [2.24, 2.45) is 0 Å². The average molecular weight is 300 g/mol. The molecule has 6 heteroatoms. The first-order valence-corrected chi connectivity index (χ1v) is 7.36. The highest BCUT2D eigenvalue weighted by atomic mass is 19.1. The number of halogens is 1. The van der Waals surface area contributed by atoms with E-state index in [1.165, 1.54) is 43.4 Å². The molecule has 1 aromatic carbocycles. The third-order valence-electron chi connectivity index (χ3n) is 3.71. The summed E-state index contributed by atoms with van der Waals surface area (Å²) in [7, 11) is 0. The molecule has 2 aromatic rings. The average Bonchev–Trinajstić information content (AvgIpc) is 3.03. The van der Waals surface area contributed by atoms with Crippen molar-refractivity contribution >= 4 is 17.4 Å². The van der Waals surface area contributed by atoms with Crippen LogP contribution in [-0.2, 0) is 0 Å². The van der Waals surface area contributed by atoms with Crippen LogP contribution in [-0.4, -0.2) is 21.9 Å². The zero-order valence-electron chi connectivity index (χ0n) is 12.1. The van der Waals surface area contributed by atoms with E-state index in [2.05, 4.69) is 20.6 Å². The van der Waals surface area contributed by atoms with Gasteiger partial charge in [0.1, 0.15) is 23.7 Å². The van der Waals surface area contributed by atoms with Crippen LogP contribution in [0.1, 0.15) is 36.2 Å². The Morgan fingerprint density at radius 1 is 1.14 bits per heavy atom. The molecule has 1 fully saturated rings. The largest absolute Gasteiger partial charge is 0.367 e. The van der Waals surface area contributed by atoms with Gasteiger partial charge in [0.2, 0.25) is 0 Å². The number of rotatable bonds is 4. The SMILES string of the molecule is O=C(Nc1ccc(F)cc1)c1cc(NC2CCCC2)ncn1. The third kappa shape index (κ3) is 3.58. The second-order valence-corrected chi connectivity index (χ2v) is 5.38. The first-order chi connectivity index (χ1) is 10.7. The molecule has 0 spiro atoms. The first kappa shape index (κ1) is 14.4. The molecule has 0 unspecified atom stereocenters. The summed E-state index contributed by atoms with van der Waals surface area (Å²) in [6.07, 6.45) is 6.07. The molecule has 3 rings (SSSR count). The fourth-order valence-electron chi connectivity index (χ4n) is 2.57. The molecule has 1 aliphatic rings. The normalized spacial score (nSPS) is 14.8. The molecule has 0 atom stereocenters. The second kappa shape index (κ2) is 6.51. The standard InChI is InChI=1S/C16H17FN4O/c17-11-5-7-13(8-6-11)21-16(22)14-9-15(19-10-18-14)20-12-3-1-2-4-12/h5-10,12H,1-4H2,(H,21,22)(H,18,19,20). The lowest BCUT2D eigenvalue weighted by Gasteiger charge is -2.12. The number of aromatic nitrogens is 2. The summed E-state index contributed by atoms with van der Waals surface area (Å²) in [5, 5.41) is 6.01. The maximum atomic E-state index is 12.9. The summed E-state index contributed by atoms with van der Waals surface area (Å²) < 4.78 is 12.9. The molecule has 2 N–H and O–H groups in total. The van der Waals surface area contributed by atoms with E-state index < -0.39 is 0 Å². The molecular weight excluding hydrogens is 283 g/mol. The number of nitrogens with one attached hydrogen (secondary N) is 2. The molecule has 1 amide bonds. The molecule has 22 heavy (non-hydrogen) atoms. The summed E-state index contributed by atoms with van der Waals surface area (Å²) in [4.78, 5) is 20.3. The van der Waals surface area contributed by atoms with Gasteiger partial charge in [0.25, 0.3) is 5.91 Å². The van der Waals surface area contributed by atoms with Crippen molar-refractivity contribution in [1.82, 2.24) is 9.97 Å². The Bertz CT molecular complexity index is 653. The van der Waals surface area contributed by atoms with E-state index in [-0.39, 0.29) is 17.4 Å². The van der Waals surface area contributed by atoms with Crippen LogP contribution in [0.4, 0.5) is 15.9 Å². The monoisotopic (exact) mass is 300 g/mol. The van der Waals surface area contributed by atoms with Crippen LogP contribution in [0.15, 0.2) is 36.7 Å². The van der Waals surface area contributed by atoms with E-state index in [0.29, 0.717) is 17.5 Å². The van der Waals surface area contributed by atoms with Crippen molar-refractivity contribution in [3.8, 4) is 0 Å². The van der Waals surface area contributed by atoms with Crippen LogP contribution in [0.2, 0.25) is 0 Å². The van der Waals surface area contributed by atoms with Gasteiger partial charge in [-0.15, -0.1) is 0 Å². The fourth-order valence-corrected chi connectivity index (χ4v) is 2.57. The molecule has 114 valence electrons. The number of hydrogen-bond acceptors (Lipinski definition) is 4. The molecule has 0 saturated heterocycles. The van der Waals surface area contributed by atoms with E-state index in [1.807, 2.05) is 0 Å². The molecular formula is C16H17FN4O. The topological polar surface area (TPSA) is 66.9 Å². The number of carbonyl (C=O) groups excluding carboxylic acids is 1. The van der Waals surface area contributed by atoms with Gasteiger partial charge in [-0.2, -0.15) is 0 Å². The lowest BCUT2D eigenvalue weighted by molar-refractivity contribution is 0.102.